The summed E-state index contributed by atoms with van der Waals surface area (Å²) in [5.74, 6) is 0. The van der Waals surface area contributed by atoms with E-state index in [2.05, 4.69) is 46.0 Å². The molecule has 0 spiro atoms. The van der Waals surface area contributed by atoms with E-state index in [1.807, 2.05) is 37.3 Å². The average molecular weight is 447 g/mol. The van der Waals surface area contributed by atoms with Crippen LogP contribution in [-0.4, -0.2) is 23.0 Å². The standard InChI is InChI=1S/C23H30O3S2Si/c1-16-10-8-9-11-18(16)21-19-14-17(15-26-29(6,7)23(2,3)4)12-13-20(19)27-22(21)28(5,24)25/h8-14H,15H2,1-7H3. The van der Waals surface area contributed by atoms with Gasteiger partial charge < -0.3 is 4.43 Å². The van der Waals surface area contributed by atoms with Gasteiger partial charge in [0.15, 0.2) is 18.2 Å². The minimum absolute atomic E-state index is 0.148. The van der Waals surface area contributed by atoms with Gasteiger partial charge >= 0.3 is 0 Å². The van der Waals surface area contributed by atoms with Gasteiger partial charge in [-0.25, -0.2) is 8.42 Å². The SMILES string of the molecule is Cc1ccccc1-c1c(S(C)(=O)=O)sc2ccc(CO[Si](C)(C)C(C)(C)C)cc12. The number of thiophene rings is 1. The molecule has 0 atom stereocenters. The van der Waals surface area contributed by atoms with Crippen LogP contribution < -0.4 is 0 Å². The topological polar surface area (TPSA) is 43.4 Å². The van der Waals surface area contributed by atoms with Crippen molar-refractivity contribution in [2.24, 2.45) is 0 Å². The predicted molar refractivity (Wildman–Crippen MR) is 127 cm³/mol. The molecule has 3 nitrogen and oxygen atoms in total. The van der Waals surface area contributed by atoms with Crippen LogP contribution >= 0.6 is 11.3 Å². The molecule has 1 heterocycles. The maximum atomic E-state index is 12.6. The zero-order chi connectivity index (χ0) is 21.6. The molecule has 0 aliphatic heterocycles. The van der Waals surface area contributed by atoms with Gasteiger partial charge in [-0.1, -0.05) is 51.1 Å². The number of aryl methyl sites for hydroxylation is 1. The predicted octanol–water partition coefficient (Wildman–Crippen LogP) is 6.80. The van der Waals surface area contributed by atoms with Gasteiger partial charge in [-0.3, -0.25) is 0 Å². The molecule has 0 N–H and O–H groups in total. The minimum Gasteiger partial charge on any atom is -0.413 e. The summed E-state index contributed by atoms with van der Waals surface area (Å²) in [5.41, 5.74) is 3.94. The average Bonchev–Trinajstić information content (AvgIpc) is 2.98. The lowest BCUT2D eigenvalue weighted by Crippen LogP contribution is -2.40. The van der Waals surface area contributed by atoms with Crippen LogP contribution in [0.3, 0.4) is 0 Å². The summed E-state index contributed by atoms with van der Waals surface area (Å²) in [6, 6.07) is 14.2. The molecule has 1 aromatic heterocycles. The molecule has 0 bridgehead atoms. The van der Waals surface area contributed by atoms with E-state index in [4.69, 9.17) is 4.43 Å². The number of hydrogen-bond donors (Lipinski definition) is 0. The van der Waals surface area contributed by atoms with Gasteiger partial charge in [-0.15, -0.1) is 11.3 Å². The molecular formula is C23H30O3S2Si. The number of rotatable bonds is 5. The number of sulfone groups is 1. The van der Waals surface area contributed by atoms with Crippen molar-refractivity contribution >= 4 is 39.6 Å². The van der Waals surface area contributed by atoms with Gasteiger partial charge in [0.2, 0.25) is 0 Å². The van der Waals surface area contributed by atoms with Crippen molar-refractivity contribution in [1.82, 2.24) is 0 Å². The normalized spacial score (nSPS) is 13.2. The third kappa shape index (κ3) is 4.50. The van der Waals surface area contributed by atoms with E-state index in [1.54, 1.807) is 0 Å². The molecule has 2 aromatic carbocycles. The van der Waals surface area contributed by atoms with E-state index in [0.29, 0.717) is 10.8 Å². The van der Waals surface area contributed by atoms with Gasteiger partial charge in [0.1, 0.15) is 4.21 Å². The molecule has 0 amide bonds. The smallest absolute Gasteiger partial charge is 0.192 e. The maximum absolute atomic E-state index is 12.6. The summed E-state index contributed by atoms with van der Waals surface area (Å²) in [4.78, 5) is 0. The quantitative estimate of drug-likeness (QED) is 0.405. The fourth-order valence-corrected chi connectivity index (χ4v) is 6.42. The van der Waals surface area contributed by atoms with Crippen LogP contribution in [0.4, 0.5) is 0 Å². The molecule has 0 aliphatic carbocycles. The van der Waals surface area contributed by atoms with Crippen molar-refractivity contribution < 1.29 is 12.8 Å². The molecule has 0 aliphatic rings. The molecule has 3 rings (SSSR count). The summed E-state index contributed by atoms with van der Waals surface area (Å²) in [7, 11) is -5.19. The van der Waals surface area contributed by atoms with Crippen molar-refractivity contribution in [2.75, 3.05) is 6.26 Å². The highest BCUT2D eigenvalue weighted by Crippen LogP contribution is 2.43. The first-order chi connectivity index (χ1) is 13.3. The summed E-state index contributed by atoms with van der Waals surface area (Å²) < 4.78 is 32.9. The van der Waals surface area contributed by atoms with Gasteiger partial charge in [0.05, 0.1) is 6.61 Å². The van der Waals surface area contributed by atoms with E-state index in [9.17, 15) is 8.42 Å². The Morgan fingerprint density at radius 2 is 1.72 bits per heavy atom. The fraction of sp³-hybridized carbons (Fsp3) is 0.391. The van der Waals surface area contributed by atoms with Crippen molar-refractivity contribution in [3.8, 4) is 11.1 Å². The largest absolute Gasteiger partial charge is 0.413 e. The van der Waals surface area contributed by atoms with Crippen molar-refractivity contribution in [1.29, 1.82) is 0 Å². The van der Waals surface area contributed by atoms with Crippen LogP contribution in [0.1, 0.15) is 31.9 Å². The van der Waals surface area contributed by atoms with E-state index in [0.717, 1.165) is 32.3 Å². The second-order valence-electron chi connectivity index (χ2n) is 9.23. The molecule has 6 heteroatoms. The molecule has 0 unspecified atom stereocenters. The third-order valence-electron chi connectivity index (χ3n) is 5.88. The highest BCUT2D eigenvalue weighted by molar-refractivity contribution is 7.93. The van der Waals surface area contributed by atoms with E-state index in [1.165, 1.54) is 17.6 Å². The first-order valence-electron chi connectivity index (χ1n) is 9.77. The highest BCUT2D eigenvalue weighted by atomic mass is 32.2. The number of hydrogen-bond acceptors (Lipinski definition) is 4. The molecule has 0 saturated heterocycles. The van der Waals surface area contributed by atoms with E-state index >= 15 is 0 Å². The van der Waals surface area contributed by atoms with Crippen LogP contribution in [-0.2, 0) is 20.9 Å². The Kier molecular flexibility index (Phi) is 5.86. The Balaban J connectivity index is 2.13. The van der Waals surface area contributed by atoms with Crippen LogP contribution in [0.2, 0.25) is 18.1 Å². The Bertz CT molecular complexity index is 1150. The lowest BCUT2D eigenvalue weighted by molar-refractivity contribution is 0.276. The zero-order valence-electron chi connectivity index (χ0n) is 18.3. The first-order valence-corrected chi connectivity index (χ1v) is 15.4. The summed E-state index contributed by atoms with van der Waals surface area (Å²) in [6.45, 7) is 13.8. The van der Waals surface area contributed by atoms with Gasteiger partial charge in [0.25, 0.3) is 0 Å². The molecule has 0 radical (unpaired) electrons. The van der Waals surface area contributed by atoms with Crippen molar-refractivity contribution in [3.63, 3.8) is 0 Å². The molecule has 0 saturated carbocycles. The minimum atomic E-state index is -3.33. The van der Waals surface area contributed by atoms with Crippen LogP contribution in [0.15, 0.2) is 46.7 Å². The highest BCUT2D eigenvalue weighted by Gasteiger charge is 2.37. The van der Waals surface area contributed by atoms with Crippen LogP contribution in [0, 0.1) is 6.92 Å². The Morgan fingerprint density at radius 1 is 1.07 bits per heavy atom. The molecule has 29 heavy (non-hydrogen) atoms. The number of benzene rings is 2. The summed E-state index contributed by atoms with van der Waals surface area (Å²) >= 11 is 1.35. The molecule has 3 aromatic rings. The molecule has 156 valence electrons. The monoisotopic (exact) mass is 446 g/mol. The molecular weight excluding hydrogens is 416 g/mol. The summed E-state index contributed by atoms with van der Waals surface area (Å²) in [5, 5.41) is 1.14. The maximum Gasteiger partial charge on any atom is 0.192 e. The second-order valence-corrected chi connectivity index (χ2v) is 17.3. The summed E-state index contributed by atoms with van der Waals surface area (Å²) in [6.07, 6.45) is 1.29. The lowest BCUT2D eigenvalue weighted by Gasteiger charge is -2.36. The van der Waals surface area contributed by atoms with Gasteiger partial charge in [0, 0.05) is 21.9 Å². The second kappa shape index (κ2) is 7.65. The van der Waals surface area contributed by atoms with Gasteiger partial charge in [-0.05, 0) is 53.9 Å². The van der Waals surface area contributed by atoms with E-state index < -0.39 is 18.2 Å². The first kappa shape index (κ1) is 22.2. The zero-order valence-corrected chi connectivity index (χ0v) is 20.9. The van der Waals surface area contributed by atoms with Crippen molar-refractivity contribution in [2.45, 2.75) is 56.6 Å². The third-order valence-corrected chi connectivity index (χ3v) is 13.4. The molecule has 0 fully saturated rings. The fourth-order valence-electron chi connectivity index (χ4n) is 3.06. The number of fused-ring (bicyclic) bond motifs is 1. The Morgan fingerprint density at radius 3 is 2.31 bits per heavy atom. The lowest BCUT2D eigenvalue weighted by atomic mass is 9.99. The van der Waals surface area contributed by atoms with E-state index in [-0.39, 0.29) is 5.04 Å². The van der Waals surface area contributed by atoms with Crippen LogP contribution in [0.25, 0.3) is 21.2 Å². The van der Waals surface area contributed by atoms with Gasteiger partial charge in [-0.2, -0.15) is 0 Å². The van der Waals surface area contributed by atoms with Crippen LogP contribution in [0.5, 0.6) is 0 Å². The van der Waals surface area contributed by atoms with Crippen molar-refractivity contribution in [3.05, 3.63) is 53.6 Å². The Labute approximate surface area is 179 Å². The Hall–Kier alpha value is -1.47.